The maximum atomic E-state index is 12.8. The summed E-state index contributed by atoms with van der Waals surface area (Å²) in [7, 11) is 0. The first-order valence-electron chi connectivity index (χ1n) is 9.26. The molecule has 4 N–H and O–H groups in total. The smallest absolute Gasteiger partial charge is 0.227 e. The van der Waals surface area contributed by atoms with Gasteiger partial charge in [-0.1, -0.05) is 20.3 Å². The van der Waals surface area contributed by atoms with E-state index in [1.165, 1.54) is 6.42 Å². The van der Waals surface area contributed by atoms with E-state index in [-0.39, 0.29) is 36.2 Å². The second kappa shape index (κ2) is 7.96. The number of phenolic OH excluding ortho intramolecular Hbond substituents is 1. The van der Waals surface area contributed by atoms with Crippen LogP contribution in [0.5, 0.6) is 5.75 Å². The third kappa shape index (κ3) is 4.12. The van der Waals surface area contributed by atoms with Crippen molar-refractivity contribution >= 4 is 24.0 Å². The Morgan fingerprint density at radius 3 is 2.40 bits per heavy atom. The highest BCUT2D eigenvalue weighted by Crippen LogP contribution is 2.42. The first kappa shape index (κ1) is 20.1. The zero-order chi connectivity index (χ0) is 17.4. The third-order valence-electron chi connectivity index (χ3n) is 6.04. The van der Waals surface area contributed by atoms with Crippen LogP contribution < -0.4 is 11.1 Å². The number of aryl methyl sites for hydroxylation is 1. The Morgan fingerprint density at radius 2 is 1.84 bits per heavy atom. The van der Waals surface area contributed by atoms with E-state index in [4.69, 9.17) is 5.73 Å². The van der Waals surface area contributed by atoms with Gasteiger partial charge < -0.3 is 16.2 Å². The highest BCUT2D eigenvalue weighted by molar-refractivity contribution is 5.93. The van der Waals surface area contributed by atoms with E-state index in [1.54, 1.807) is 6.07 Å². The fourth-order valence-electron chi connectivity index (χ4n) is 4.54. The lowest BCUT2D eigenvalue weighted by molar-refractivity contribution is -0.122. The lowest BCUT2D eigenvalue weighted by Gasteiger charge is -2.43. The average Bonchev–Trinajstić information content (AvgIpc) is 2.49. The summed E-state index contributed by atoms with van der Waals surface area (Å²) in [4.78, 5) is 12.8. The summed E-state index contributed by atoms with van der Waals surface area (Å²) >= 11 is 0. The van der Waals surface area contributed by atoms with Gasteiger partial charge in [0.05, 0.1) is 0 Å². The molecule has 0 spiro atoms. The number of amides is 1. The fourth-order valence-corrected chi connectivity index (χ4v) is 4.54. The predicted molar refractivity (Wildman–Crippen MR) is 104 cm³/mol. The number of carbonyl (C=O) groups is 1. The van der Waals surface area contributed by atoms with E-state index in [0.717, 1.165) is 42.5 Å². The Bertz CT molecular complexity index is 618. The summed E-state index contributed by atoms with van der Waals surface area (Å²) in [6.07, 6.45) is 5.41. The number of benzene rings is 1. The largest absolute Gasteiger partial charge is 0.508 e. The van der Waals surface area contributed by atoms with E-state index in [2.05, 4.69) is 5.32 Å². The number of halogens is 1. The molecule has 0 saturated heterocycles. The molecule has 0 aromatic heterocycles. The van der Waals surface area contributed by atoms with Crippen molar-refractivity contribution in [2.45, 2.75) is 64.8 Å². The number of nitrogens with one attached hydrogen (secondary N) is 1. The number of anilines is 1. The Morgan fingerprint density at radius 1 is 1.24 bits per heavy atom. The van der Waals surface area contributed by atoms with Crippen LogP contribution in [-0.4, -0.2) is 17.1 Å². The molecule has 2 unspecified atom stereocenters. The molecule has 0 aliphatic heterocycles. The summed E-state index contributed by atoms with van der Waals surface area (Å²) in [6.45, 7) is 6.00. The summed E-state index contributed by atoms with van der Waals surface area (Å²) in [5.74, 6) is 1.70. The molecule has 25 heavy (non-hydrogen) atoms. The lowest BCUT2D eigenvalue weighted by Crippen LogP contribution is -2.48. The lowest BCUT2D eigenvalue weighted by atomic mass is 9.65. The van der Waals surface area contributed by atoms with Crippen LogP contribution in [-0.2, 0) is 4.79 Å². The predicted octanol–water partition coefficient (Wildman–Crippen LogP) is 4.34. The van der Waals surface area contributed by atoms with Crippen LogP contribution in [0.4, 0.5) is 5.69 Å². The van der Waals surface area contributed by atoms with E-state index in [1.807, 2.05) is 26.8 Å². The van der Waals surface area contributed by atoms with Gasteiger partial charge in [0.1, 0.15) is 5.75 Å². The minimum atomic E-state index is 0. The number of carbonyl (C=O) groups excluding carboxylic acids is 1. The quantitative estimate of drug-likeness (QED) is 0.696. The highest BCUT2D eigenvalue weighted by Gasteiger charge is 2.40. The molecule has 2 bridgehead atoms. The minimum Gasteiger partial charge on any atom is -0.508 e. The van der Waals surface area contributed by atoms with Crippen LogP contribution in [0.2, 0.25) is 0 Å². The van der Waals surface area contributed by atoms with Crippen molar-refractivity contribution in [2.75, 3.05) is 5.32 Å². The molecule has 2 aliphatic rings. The van der Waals surface area contributed by atoms with Gasteiger partial charge in [0.15, 0.2) is 0 Å². The SMILES string of the molecule is Cc1cc(O)c(C(C)C)cc1NC(=O)C1CC2CCCC(C1)C2N.Cl. The second-order valence-corrected chi connectivity index (χ2v) is 8.07. The molecule has 2 fully saturated rings. The van der Waals surface area contributed by atoms with E-state index in [9.17, 15) is 9.90 Å². The molecule has 4 nitrogen and oxygen atoms in total. The van der Waals surface area contributed by atoms with E-state index >= 15 is 0 Å². The molecule has 140 valence electrons. The maximum absolute atomic E-state index is 12.8. The van der Waals surface area contributed by atoms with Gasteiger partial charge in [0.2, 0.25) is 5.91 Å². The molecule has 0 radical (unpaired) electrons. The number of hydrogen-bond donors (Lipinski definition) is 3. The van der Waals surface area contributed by atoms with Crippen molar-refractivity contribution in [3.05, 3.63) is 23.3 Å². The van der Waals surface area contributed by atoms with Gasteiger partial charge in [-0.05, 0) is 73.6 Å². The molecule has 5 heteroatoms. The van der Waals surface area contributed by atoms with Crippen molar-refractivity contribution in [2.24, 2.45) is 23.5 Å². The van der Waals surface area contributed by atoms with Gasteiger partial charge in [0.25, 0.3) is 0 Å². The average molecular weight is 367 g/mol. The molecule has 1 aromatic carbocycles. The van der Waals surface area contributed by atoms with Crippen LogP contribution in [0.25, 0.3) is 0 Å². The van der Waals surface area contributed by atoms with Crippen molar-refractivity contribution < 1.29 is 9.90 Å². The third-order valence-corrected chi connectivity index (χ3v) is 6.04. The number of hydrogen-bond acceptors (Lipinski definition) is 3. The van der Waals surface area contributed by atoms with Crippen LogP contribution in [0.1, 0.15) is 63.0 Å². The molecular weight excluding hydrogens is 336 g/mol. The normalized spacial score (nSPS) is 28.4. The molecule has 3 rings (SSSR count). The molecule has 2 aliphatic carbocycles. The van der Waals surface area contributed by atoms with Crippen molar-refractivity contribution in [3.63, 3.8) is 0 Å². The van der Waals surface area contributed by atoms with E-state index < -0.39 is 0 Å². The van der Waals surface area contributed by atoms with Crippen molar-refractivity contribution in [1.82, 2.24) is 0 Å². The summed E-state index contributed by atoms with van der Waals surface area (Å²) in [5.41, 5.74) is 8.93. The van der Waals surface area contributed by atoms with Crippen LogP contribution in [0.15, 0.2) is 12.1 Å². The fraction of sp³-hybridized carbons (Fsp3) is 0.650. The Labute approximate surface area is 157 Å². The van der Waals surface area contributed by atoms with Gasteiger partial charge in [-0.15, -0.1) is 12.4 Å². The number of phenols is 1. The van der Waals surface area contributed by atoms with Gasteiger partial charge in [0, 0.05) is 17.6 Å². The van der Waals surface area contributed by atoms with Crippen LogP contribution >= 0.6 is 12.4 Å². The maximum Gasteiger partial charge on any atom is 0.227 e. The first-order valence-corrected chi connectivity index (χ1v) is 9.26. The monoisotopic (exact) mass is 366 g/mol. The Balaban J connectivity index is 0.00000225. The number of nitrogens with two attached hydrogens (primary N) is 1. The standard InChI is InChI=1S/C20H30N2O2.ClH/c1-11(2)16-10-17(12(3)7-18(16)23)22-20(24)15-8-13-5-4-6-14(9-15)19(13)21;/h7,10-11,13-15,19,23H,4-6,8-9,21H2,1-3H3,(H,22,24);1H. The molecule has 1 amide bonds. The number of rotatable bonds is 3. The minimum absolute atomic E-state index is 0. The summed E-state index contributed by atoms with van der Waals surface area (Å²) in [5, 5.41) is 13.2. The van der Waals surface area contributed by atoms with Crippen LogP contribution in [0.3, 0.4) is 0 Å². The van der Waals surface area contributed by atoms with Gasteiger partial charge >= 0.3 is 0 Å². The van der Waals surface area contributed by atoms with Gasteiger partial charge in [-0.2, -0.15) is 0 Å². The van der Waals surface area contributed by atoms with Gasteiger partial charge in [-0.25, -0.2) is 0 Å². The van der Waals surface area contributed by atoms with Gasteiger partial charge in [-0.3, -0.25) is 4.79 Å². The molecular formula is C20H31ClN2O2. The first-order chi connectivity index (χ1) is 11.4. The molecule has 0 heterocycles. The Kier molecular flexibility index (Phi) is 6.39. The topological polar surface area (TPSA) is 75.3 Å². The molecule has 2 saturated carbocycles. The number of fused-ring (bicyclic) bond motifs is 2. The summed E-state index contributed by atoms with van der Waals surface area (Å²) < 4.78 is 0. The number of aromatic hydroxyl groups is 1. The highest BCUT2D eigenvalue weighted by atomic mass is 35.5. The molecule has 2 atom stereocenters. The summed E-state index contributed by atoms with van der Waals surface area (Å²) in [6, 6.07) is 3.95. The molecule has 1 aromatic rings. The van der Waals surface area contributed by atoms with E-state index in [0.29, 0.717) is 17.6 Å². The van der Waals surface area contributed by atoms with Crippen LogP contribution in [0, 0.1) is 24.7 Å². The zero-order valence-electron chi connectivity index (χ0n) is 15.4. The van der Waals surface area contributed by atoms with Crippen molar-refractivity contribution in [1.29, 1.82) is 0 Å². The Hall–Kier alpha value is -1.26. The second-order valence-electron chi connectivity index (χ2n) is 8.07. The van der Waals surface area contributed by atoms with Crippen molar-refractivity contribution in [3.8, 4) is 5.75 Å². The zero-order valence-corrected chi connectivity index (χ0v) is 16.2.